The van der Waals surface area contributed by atoms with E-state index in [2.05, 4.69) is 42.3 Å². The molecule has 2 aliphatic carbocycles. The molecule has 5 aliphatic rings. The molecule has 212 valence electrons. The Balaban J connectivity index is 1.04. The number of likely N-dealkylation sites (tertiary alicyclic amines) is 1. The van der Waals surface area contributed by atoms with Gasteiger partial charge in [0.05, 0.1) is 6.04 Å². The Hall–Kier alpha value is -3.56. The summed E-state index contributed by atoms with van der Waals surface area (Å²) in [5, 5.41) is 7.70. The van der Waals surface area contributed by atoms with Gasteiger partial charge in [0.15, 0.2) is 5.69 Å². The number of aromatic nitrogens is 2. The van der Waals surface area contributed by atoms with Gasteiger partial charge in [0, 0.05) is 69.3 Å². The maximum atomic E-state index is 13.8. The number of hydrogen-bond acceptors (Lipinski definition) is 5. The van der Waals surface area contributed by atoms with E-state index >= 15 is 0 Å². The molecule has 1 aromatic heterocycles. The lowest BCUT2D eigenvalue weighted by Gasteiger charge is -2.37. The molecule has 1 N–H and O–H groups in total. The molecule has 0 spiro atoms. The Kier molecular flexibility index (Phi) is 6.24. The SMILES string of the molecule is Cc1cccc(N2CCN(C(=O)Cn3nc(C(=O)N4CCCC(N5CCNC5=O)C4)c4c3C[C@H]3C[C@@H]43)CC2)c1C. The zero-order valence-corrected chi connectivity index (χ0v) is 23.6. The number of nitrogens with zero attached hydrogens (tertiary/aromatic N) is 6. The fourth-order valence-corrected chi connectivity index (χ4v) is 7.36. The fraction of sp³-hybridized carbons (Fsp3) is 0.600. The number of piperidine rings is 1. The average molecular weight is 546 g/mol. The molecule has 0 radical (unpaired) electrons. The zero-order valence-electron chi connectivity index (χ0n) is 23.6. The number of urea groups is 1. The third-order valence-electron chi connectivity index (χ3n) is 9.90. The quantitative estimate of drug-likeness (QED) is 0.622. The molecular weight excluding hydrogens is 506 g/mol. The summed E-state index contributed by atoms with van der Waals surface area (Å²) in [5.74, 6) is 1.03. The maximum Gasteiger partial charge on any atom is 0.317 e. The minimum atomic E-state index is -0.0403. The molecule has 4 amide bonds. The lowest BCUT2D eigenvalue weighted by Crippen LogP contribution is -2.51. The van der Waals surface area contributed by atoms with Crippen LogP contribution in [0.25, 0.3) is 0 Å². The Bertz CT molecular complexity index is 1360. The van der Waals surface area contributed by atoms with Crippen LogP contribution in [0.2, 0.25) is 0 Å². The van der Waals surface area contributed by atoms with Crippen molar-refractivity contribution in [3.63, 3.8) is 0 Å². The van der Waals surface area contributed by atoms with Crippen LogP contribution in [0.15, 0.2) is 18.2 Å². The molecule has 2 aromatic rings. The number of benzene rings is 1. The standard InChI is InChI=1S/C30H39N7O3/c1-19-5-3-7-24(20(19)2)33-11-13-34(14-12-33)26(38)18-37-25-16-21-15-23(21)27(25)28(32-37)29(39)35-9-4-6-22(17-35)36-10-8-31-30(36)40/h3,5,7,21-23H,4,6,8-18H2,1-2H3,(H,31,40)/t21-,22?,23-/m1/s1. The van der Waals surface area contributed by atoms with E-state index in [9.17, 15) is 14.4 Å². The maximum absolute atomic E-state index is 13.8. The highest BCUT2D eigenvalue weighted by molar-refractivity contribution is 5.95. The molecule has 40 heavy (non-hydrogen) atoms. The number of anilines is 1. The molecule has 1 saturated carbocycles. The summed E-state index contributed by atoms with van der Waals surface area (Å²) in [6.45, 7) is 10.1. The van der Waals surface area contributed by atoms with Crippen LogP contribution in [0.4, 0.5) is 10.5 Å². The van der Waals surface area contributed by atoms with Gasteiger partial charge in [0.2, 0.25) is 5.91 Å². The Morgan fingerprint density at radius 2 is 1.88 bits per heavy atom. The van der Waals surface area contributed by atoms with E-state index in [0.717, 1.165) is 50.0 Å². The first-order valence-electron chi connectivity index (χ1n) is 14.9. The molecule has 4 fully saturated rings. The van der Waals surface area contributed by atoms with Gasteiger partial charge in [-0.25, -0.2) is 4.79 Å². The number of hydrogen-bond donors (Lipinski definition) is 1. The lowest BCUT2D eigenvalue weighted by atomic mass is 10.0. The second kappa shape index (κ2) is 9.82. The highest BCUT2D eigenvalue weighted by Gasteiger charge is 2.51. The molecule has 1 aromatic carbocycles. The second-order valence-electron chi connectivity index (χ2n) is 12.2. The van der Waals surface area contributed by atoms with E-state index in [1.807, 2.05) is 19.4 Å². The number of aryl methyl sites for hydroxylation is 1. The summed E-state index contributed by atoms with van der Waals surface area (Å²) in [4.78, 5) is 47.6. The minimum Gasteiger partial charge on any atom is -0.368 e. The summed E-state index contributed by atoms with van der Waals surface area (Å²) < 4.78 is 1.84. The first-order valence-corrected chi connectivity index (χ1v) is 14.9. The van der Waals surface area contributed by atoms with Crippen molar-refractivity contribution in [1.29, 1.82) is 0 Å². The summed E-state index contributed by atoms with van der Waals surface area (Å²) in [7, 11) is 0. The fourth-order valence-electron chi connectivity index (χ4n) is 7.36. The van der Waals surface area contributed by atoms with Gasteiger partial charge in [-0.2, -0.15) is 5.10 Å². The molecule has 3 atom stereocenters. The van der Waals surface area contributed by atoms with Crippen molar-refractivity contribution in [3.8, 4) is 0 Å². The Morgan fingerprint density at radius 1 is 1.05 bits per heavy atom. The van der Waals surface area contributed by atoms with E-state index < -0.39 is 0 Å². The van der Waals surface area contributed by atoms with Crippen LogP contribution in [0, 0.1) is 19.8 Å². The molecular formula is C30H39N7O3. The van der Waals surface area contributed by atoms with E-state index in [4.69, 9.17) is 5.10 Å². The van der Waals surface area contributed by atoms with Gasteiger partial charge in [-0.15, -0.1) is 0 Å². The first kappa shape index (κ1) is 25.4. The van der Waals surface area contributed by atoms with Crippen LogP contribution in [-0.4, -0.2) is 101 Å². The van der Waals surface area contributed by atoms with Crippen molar-refractivity contribution in [2.75, 3.05) is 57.3 Å². The van der Waals surface area contributed by atoms with E-state index in [1.54, 1.807) is 0 Å². The Morgan fingerprint density at radius 3 is 2.65 bits per heavy atom. The molecule has 10 nitrogen and oxygen atoms in total. The number of amides is 4. The topological polar surface area (TPSA) is 94.0 Å². The van der Waals surface area contributed by atoms with Crippen LogP contribution in [-0.2, 0) is 17.8 Å². The van der Waals surface area contributed by atoms with Crippen molar-refractivity contribution >= 4 is 23.5 Å². The van der Waals surface area contributed by atoms with Gasteiger partial charge in [0.1, 0.15) is 6.54 Å². The van der Waals surface area contributed by atoms with Crippen LogP contribution in [0.1, 0.15) is 58.1 Å². The highest BCUT2D eigenvalue weighted by atomic mass is 16.2. The second-order valence-corrected chi connectivity index (χ2v) is 12.2. The van der Waals surface area contributed by atoms with E-state index in [1.165, 1.54) is 16.8 Å². The van der Waals surface area contributed by atoms with E-state index in [-0.39, 0.29) is 30.4 Å². The molecule has 7 rings (SSSR count). The number of nitrogens with one attached hydrogen (secondary N) is 1. The number of fused-ring (bicyclic) bond motifs is 3. The van der Waals surface area contributed by atoms with Gasteiger partial charge < -0.3 is 24.9 Å². The van der Waals surface area contributed by atoms with Gasteiger partial charge in [0.25, 0.3) is 5.91 Å². The Labute approximate surface area is 235 Å². The molecule has 10 heteroatoms. The van der Waals surface area contributed by atoms with Crippen LogP contribution < -0.4 is 10.2 Å². The van der Waals surface area contributed by atoms with Crippen molar-refractivity contribution in [2.24, 2.45) is 5.92 Å². The average Bonchev–Trinajstić information content (AvgIpc) is 3.25. The van der Waals surface area contributed by atoms with Gasteiger partial charge in [-0.05, 0) is 68.6 Å². The number of carbonyl (C=O) groups is 3. The predicted octanol–water partition coefficient (Wildman–Crippen LogP) is 2.14. The zero-order chi connectivity index (χ0) is 27.5. The molecule has 3 aliphatic heterocycles. The first-order chi connectivity index (χ1) is 19.4. The minimum absolute atomic E-state index is 0.0290. The van der Waals surface area contributed by atoms with Crippen molar-refractivity contribution in [3.05, 3.63) is 46.3 Å². The highest BCUT2D eigenvalue weighted by Crippen LogP contribution is 2.57. The number of rotatable bonds is 5. The molecule has 0 bridgehead atoms. The van der Waals surface area contributed by atoms with Crippen LogP contribution in [0.5, 0.6) is 0 Å². The predicted molar refractivity (Wildman–Crippen MR) is 151 cm³/mol. The van der Waals surface area contributed by atoms with Crippen molar-refractivity contribution in [1.82, 2.24) is 29.8 Å². The third-order valence-corrected chi connectivity index (χ3v) is 9.90. The summed E-state index contributed by atoms with van der Waals surface area (Å²) >= 11 is 0. The van der Waals surface area contributed by atoms with Crippen LogP contribution >= 0.6 is 0 Å². The van der Waals surface area contributed by atoms with Crippen LogP contribution in [0.3, 0.4) is 0 Å². The lowest BCUT2D eigenvalue weighted by molar-refractivity contribution is -0.132. The molecule has 4 heterocycles. The normalized spacial score (nSPS) is 25.6. The molecule has 1 unspecified atom stereocenters. The van der Waals surface area contributed by atoms with Crippen molar-refractivity contribution < 1.29 is 14.4 Å². The summed E-state index contributed by atoms with van der Waals surface area (Å²) in [6.07, 6.45) is 3.82. The largest absolute Gasteiger partial charge is 0.368 e. The molecule has 3 saturated heterocycles. The third kappa shape index (κ3) is 4.32. The van der Waals surface area contributed by atoms with Gasteiger partial charge in [-0.1, -0.05) is 12.1 Å². The summed E-state index contributed by atoms with van der Waals surface area (Å²) in [6, 6.07) is 6.43. The smallest absolute Gasteiger partial charge is 0.317 e. The summed E-state index contributed by atoms with van der Waals surface area (Å²) in [5.41, 5.74) is 6.55. The monoisotopic (exact) mass is 545 g/mol. The number of piperazine rings is 1. The van der Waals surface area contributed by atoms with Gasteiger partial charge >= 0.3 is 6.03 Å². The van der Waals surface area contributed by atoms with Crippen molar-refractivity contribution in [2.45, 2.75) is 58.0 Å². The van der Waals surface area contributed by atoms with E-state index in [0.29, 0.717) is 56.8 Å². The number of carbonyl (C=O) groups excluding carboxylic acids is 3. The van der Waals surface area contributed by atoms with Gasteiger partial charge in [-0.3, -0.25) is 14.3 Å².